The Balaban J connectivity index is 1.44. The van der Waals surface area contributed by atoms with Gasteiger partial charge in [-0.3, -0.25) is 0 Å². The summed E-state index contributed by atoms with van der Waals surface area (Å²) in [4.78, 5) is 2.52. The molecule has 2 aliphatic heterocycles. The van der Waals surface area contributed by atoms with Gasteiger partial charge < -0.3 is 14.4 Å². The van der Waals surface area contributed by atoms with Gasteiger partial charge in [0, 0.05) is 29.8 Å². The van der Waals surface area contributed by atoms with Gasteiger partial charge in [-0.1, -0.05) is 24.3 Å². The van der Waals surface area contributed by atoms with E-state index in [1.54, 1.807) is 0 Å². The molecule has 124 valence electrons. The predicted molar refractivity (Wildman–Crippen MR) is 98.4 cm³/mol. The number of hydrogen-bond acceptors (Lipinski definition) is 4. The summed E-state index contributed by atoms with van der Waals surface area (Å²) in [6.07, 6.45) is 2.73. The zero-order valence-electron chi connectivity index (χ0n) is 13.6. The first-order chi connectivity index (χ1) is 11.9. The number of fused-ring (bicyclic) bond motifs is 1. The second-order valence-electron chi connectivity index (χ2n) is 6.76. The minimum Gasteiger partial charge on any atom is -0.454 e. The summed E-state index contributed by atoms with van der Waals surface area (Å²) < 4.78 is 11.0. The molecule has 1 saturated heterocycles. The van der Waals surface area contributed by atoms with Gasteiger partial charge in [0.25, 0.3) is 0 Å². The quantitative estimate of drug-likeness (QED) is 0.815. The molecule has 0 radical (unpaired) electrons. The summed E-state index contributed by atoms with van der Waals surface area (Å²) in [5.41, 5.74) is 4.16. The van der Waals surface area contributed by atoms with Crippen molar-refractivity contribution in [3.63, 3.8) is 0 Å². The smallest absolute Gasteiger partial charge is 0.231 e. The first-order valence-corrected chi connectivity index (χ1v) is 9.88. The molecule has 4 heteroatoms. The third-order valence-electron chi connectivity index (χ3n) is 5.19. The Bertz CT molecular complexity index is 742. The van der Waals surface area contributed by atoms with Gasteiger partial charge in [-0.15, -0.1) is 0 Å². The molecule has 0 N–H and O–H groups in total. The van der Waals surface area contributed by atoms with E-state index in [-0.39, 0.29) is 0 Å². The molecule has 2 aromatic rings. The van der Waals surface area contributed by atoms with Gasteiger partial charge in [-0.05, 0) is 42.0 Å². The lowest BCUT2D eigenvalue weighted by Gasteiger charge is -2.37. The zero-order chi connectivity index (χ0) is 15.9. The molecular weight excluding hydrogens is 318 g/mol. The Hall–Kier alpha value is -1.81. The molecule has 1 unspecified atom stereocenters. The molecule has 3 nitrogen and oxygen atoms in total. The van der Waals surface area contributed by atoms with Gasteiger partial charge >= 0.3 is 0 Å². The maximum absolute atomic E-state index is 5.57. The third-order valence-corrected chi connectivity index (χ3v) is 6.21. The van der Waals surface area contributed by atoms with E-state index in [0.29, 0.717) is 12.8 Å². The Morgan fingerprint density at radius 2 is 1.71 bits per heavy atom. The molecule has 24 heavy (non-hydrogen) atoms. The van der Waals surface area contributed by atoms with E-state index < -0.39 is 0 Å². The summed E-state index contributed by atoms with van der Waals surface area (Å²) in [7, 11) is 0. The average molecular weight is 339 g/mol. The molecule has 1 atom stereocenters. The Labute approximate surface area is 147 Å². The van der Waals surface area contributed by atoms with Crippen molar-refractivity contribution in [3.8, 4) is 11.5 Å². The second-order valence-corrected chi connectivity index (χ2v) is 7.91. The molecule has 0 bridgehead atoms. The van der Waals surface area contributed by atoms with Crippen LogP contribution < -0.4 is 14.4 Å². The van der Waals surface area contributed by atoms with E-state index in [2.05, 4.69) is 41.3 Å². The number of ether oxygens (including phenoxy) is 2. The maximum Gasteiger partial charge on any atom is 0.231 e. The van der Waals surface area contributed by atoms with E-state index in [1.807, 2.05) is 17.8 Å². The van der Waals surface area contributed by atoms with Crippen LogP contribution in [-0.2, 0) is 0 Å². The summed E-state index contributed by atoms with van der Waals surface area (Å²) in [6.45, 7) is 1.40. The van der Waals surface area contributed by atoms with Crippen molar-refractivity contribution >= 4 is 17.4 Å². The fourth-order valence-electron chi connectivity index (χ4n) is 3.66. The Kier molecular flexibility index (Phi) is 3.58. The molecule has 1 saturated carbocycles. The molecule has 0 aromatic heterocycles. The topological polar surface area (TPSA) is 21.7 Å². The van der Waals surface area contributed by atoms with Gasteiger partial charge in [-0.25, -0.2) is 0 Å². The Morgan fingerprint density at radius 1 is 0.917 bits per heavy atom. The highest BCUT2D eigenvalue weighted by atomic mass is 32.2. The number of hydrogen-bond donors (Lipinski definition) is 0. The summed E-state index contributed by atoms with van der Waals surface area (Å²) in [5, 5.41) is 0. The van der Waals surface area contributed by atoms with Crippen LogP contribution in [0.1, 0.15) is 35.9 Å². The largest absolute Gasteiger partial charge is 0.454 e. The number of thioether (sulfide) groups is 1. The second kappa shape index (κ2) is 5.92. The monoisotopic (exact) mass is 339 g/mol. The zero-order valence-corrected chi connectivity index (χ0v) is 14.4. The minimum absolute atomic E-state index is 0.334. The first-order valence-electron chi connectivity index (χ1n) is 8.72. The van der Waals surface area contributed by atoms with Gasteiger partial charge in [0.2, 0.25) is 6.79 Å². The van der Waals surface area contributed by atoms with Crippen LogP contribution in [0, 0.1) is 0 Å². The highest BCUT2D eigenvalue weighted by Crippen LogP contribution is 2.42. The lowest BCUT2D eigenvalue weighted by molar-refractivity contribution is 0.174. The van der Waals surface area contributed by atoms with Crippen molar-refractivity contribution in [2.75, 3.05) is 29.7 Å². The van der Waals surface area contributed by atoms with Crippen LogP contribution in [0.5, 0.6) is 11.5 Å². The van der Waals surface area contributed by atoms with Gasteiger partial charge in [0.15, 0.2) is 11.5 Å². The van der Waals surface area contributed by atoms with Crippen LogP contribution in [0.15, 0.2) is 42.5 Å². The standard InChI is InChI=1S/C20H21NO2S/c1-2-14(1)15-3-5-16(6-4-15)18-12-24-10-9-21(18)17-7-8-19-20(11-17)23-13-22-19/h3-8,11,14,18H,1-2,9-10,12-13H2. The molecule has 3 aliphatic rings. The molecule has 2 aromatic carbocycles. The molecular formula is C20H21NO2S. The van der Waals surface area contributed by atoms with Crippen molar-refractivity contribution in [2.45, 2.75) is 24.8 Å². The average Bonchev–Trinajstić information content (AvgIpc) is 3.39. The molecule has 0 amide bonds. The minimum atomic E-state index is 0.334. The number of benzene rings is 2. The van der Waals surface area contributed by atoms with Crippen molar-refractivity contribution in [1.29, 1.82) is 0 Å². The predicted octanol–water partition coefficient (Wildman–Crippen LogP) is 4.59. The van der Waals surface area contributed by atoms with Crippen molar-refractivity contribution < 1.29 is 9.47 Å². The lowest BCUT2D eigenvalue weighted by Crippen LogP contribution is -2.36. The fraction of sp³-hybridized carbons (Fsp3) is 0.400. The van der Waals surface area contributed by atoms with Crippen molar-refractivity contribution in [1.82, 2.24) is 0 Å². The molecule has 2 heterocycles. The van der Waals surface area contributed by atoms with Crippen molar-refractivity contribution in [2.24, 2.45) is 0 Å². The highest BCUT2D eigenvalue weighted by Gasteiger charge is 2.27. The van der Waals surface area contributed by atoms with Crippen LogP contribution in [0.3, 0.4) is 0 Å². The fourth-order valence-corrected chi connectivity index (χ4v) is 4.75. The van der Waals surface area contributed by atoms with Crippen molar-refractivity contribution in [3.05, 3.63) is 53.6 Å². The van der Waals surface area contributed by atoms with Crippen LogP contribution in [0.2, 0.25) is 0 Å². The van der Waals surface area contributed by atoms with E-state index in [1.165, 1.54) is 35.4 Å². The third kappa shape index (κ3) is 2.63. The molecule has 2 fully saturated rings. The SMILES string of the molecule is c1cc(C2CSCCN2c2ccc3c(c2)OCO3)ccc1C1CC1. The molecule has 0 spiro atoms. The normalized spacial score (nSPS) is 22.7. The number of rotatable bonds is 3. The van der Waals surface area contributed by atoms with E-state index in [9.17, 15) is 0 Å². The van der Waals surface area contributed by atoms with E-state index in [4.69, 9.17) is 9.47 Å². The van der Waals surface area contributed by atoms with Gasteiger partial charge in [-0.2, -0.15) is 11.8 Å². The van der Waals surface area contributed by atoms with Crippen LogP contribution >= 0.6 is 11.8 Å². The van der Waals surface area contributed by atoms with Crippen LogP contribution in [0.4, 0.5) is 5.69 Å². The molecule has 5 rings (SSSR count). The summed E-state index contributed by atoms with van der Waals surface area (Å²) in [6, 6.07) is 16.1. The highest BCUT2D eigenvalue weighted by molar-refractivity contribution is 7.99. The van der Waals surface area contributed by atoms with E-state index >= 15 is 0 Å². The number of nitrogens with zero attached hydrogens (tertiary/aromatic N) is 1. The first kappa shape index (κ1) is 14.5. The van der Waals surface area contributed by atoms with Crippen LogP contribution in [0.25, 0.3) is 0 Å². The van der Waals surface area contributed by atoms with E-state index in [0.717, 1.165) is 29.7 Å². The molecule has 1 aliphatic carbocycles. The summed E-state index contributed by atoms with van der Waals surface area (Å²) >= 11 is 2.05. The number of anilines is 1. The van der Waals surface area contributed by atoms with Gasteiger partial charge in [0.1, 0.15) is 0 Å². The lowest BCUT2D eigenvalue weighted by atomic mass is 10.0. The maximum atomic E-state index is 5.57. The Morgan fingerprint density at radius 3 is 2.54 bits per heavy atom. The van der Waals surface area contributed by atoms with Gasteiger partial charge in [0.05, 0.1) is 6.04 Å². The van der Waals surface area contributed by atoms with Crippen LogP contribution in [-0.4, -0.2) is 24.8 Å². The summed E-state index contributed by atoms with van der Waals surface area (Å²) in [5.74, 6) is 4.86.